The highest BCUT2D eigenvalue weighted by Gasteiger charge is 2.25. The van der Waals surface area contributed by atoms with Gasteiger partial charge in [0, 0.05) is 17.6 Å². The molecule has 1 aliphatic rings. The van der Waals surface area contributed by atoms with Crippen molar-refractivity contribution in [2.24, 2.45) is 5.92 Å². The first-order valence-electron chi connectivity index (χ1n) is 12.9. The molecule has 1 aliphatic carbocycles. The van der Waals surface area contributed by atoms with Crippen molar-refractivity contribution in [3.63, 3.8) is 0 Å². The number of carbonyl (C=O) groups excluding carboxylic acids is 2. The van der Waals surface area contributed by atoms with Crippen LogP contribution in [0.1, 0.15) is 49.5 Å². The van der Waals surface area contributed by atoms with Crippen LogP contribution in [0.4, 0.5) is 4.79 Å². The number of aromatic hydroxyl groups is 1. The number of hydrogen-bond acceptors (Lipinski definition) is 6. The van der Waals surface area contributed by atoms with Crippen LogP contribution in [0, 0.1) is 12.8 Å². The van der Waals surface area contributed by atoms with Gasteiger partial charge < -0.3 is 20.5 Å². The van der Waals surface area contributed by atoms with Crippen molar-refractivity contribution in [2.75, 3.05) is 13.7 Å². The molecular weight excluding hydrogens is 530 g/mol. The van der Waals surface area contributed by atoms with Crippen LogP contribution >= 0.6 is 0 Å². The van der Waals surface area contributed by atoms with Gasteiger partial charge in [-0.3, -0.25) is 4.79 Å². The van der Waals surface area contributed by atoms with Crippen molar-refractivity contribution in [1.29, 1.82) is 0 Å². The van der Waals surface area contributed by atoms with Gasteiger partial charge in [-0.2, -0.15) is 0 Å². The molecule has 3 amide bonds. The van der Waals surface area contributed by atoms with Gasteiger partial charge in [0.15, 0.2) is 0 Å². The standard InChI is InChI=1S/C17H25N3O4S.C13H12O2/c1-11-5-8-13(15(21)18-10-12-6-7-12)9-14(11)25(23,24)20-16(22)19-17(2,3)4;1-15-13-7-5-10(6-8-13)11-3-2-4-12(14)9-11/h5,8-9,12H,6-7,10H2,1-4H3,(H,18,21)(H2,19,20,22);2-9,14H,1H3. The molecule has 4 N–H and O–H groups in total. The molecule has 1 fully saturated rings. The summed E-state index contributed by atoms with van der Waals surface area (Å²) >= 11 is 0. The number of aryl methyl sites for hydroxylation is 1. The summed E-state index contributed by atoms with van der Waals surface area (Å²) < 4.78 is 32.1. The maximum absolute atomic E-state index is 12.5. The van der Waals surface area contributed by atoms with Crippen molar-refractivity contribution in [3.8, 4) is 22.6 Å². The summed E-state index contributed by atoms with van der Waals surface area (Å²) in [6.07, 6.45) is 2.22. The molecule has 3 aromatic carbocycles. The van der Waals surface area contributed by atoms with E-state index in [0.717, 1.165) is 29.7 Å². The first-order valence-corrected chi connectivity index (χ1v) is 14.4. The number of sulfonamides is 1. The highest BCUT2D eigenvalue weighted by Crippen LogP contribution is 2.28. The maximum atomic E-state index is 12.5. The molecule has 0 heterocycles. The number of amides is 3. The lowest BCUT2D eigenvalue weighted by molar-refractivity contribution is 0.0951. The van der Waals surface area contributed by atoms with Crippen LogP contribution in [0.15, 0.2) is 71.6 Å². The van der Waals surface area contributed by atoms with E-state index in [-0.39, 0.29) is 22.1 Å². The zero-order chi connectivity index (χ0) is 29.5. The van der Waals surface area contributed by atoms with Crippen LogP contribution < -0.4 is 20.1 Å². The van der Waals surface area contributed by atoms with E-state index < -0.39 is 21.6 Å². The minimum atomic E-state index is -4.08. The molecule has 3 aromatic rings. The zero-order valence-corrected chi connectivity index (χ0v) is 24.3. The Bertz CT molecular complexity index is 1440. The third-order valence-electron chi connectivity index (χ3n) is 5.97. The van der Waals surface area contributed by atoms with Crippen LogP contribution in [0.3, 0.4) is 0 Å². The average Bonchev–Trinajstić information content (AvgIpc) is 3.71. The summed E-state index contributed by atoms with van der Waals surface area (Å²) in [7, 11) is -2.44. The zero-order valence-electron chi connectivity index (χ0n) is 23.4. The molecule has 0 unspecified atom stereocenters. The van der Waals surface area contributed by atoms with Crippen LogP contribution in [-0.2, 0) is 10.0 Å². The molecule has 0 bridgehead atoms. The normalized spacial score (nSPS) is 12.9. The Morgan fingerprint density at radius 3 is 2.23 bits per heavy atom. The molecule has 1 saturated carbocycles. The van der Waals surface area contributed by atoms with Crippen molar-refractivity contribution < 1.29 is 27.9 Å². The van der Waals surface area contributed by atoms with Gasteiger partial charge in [0.25, 0.3) is 15.9 Å². The number of hydrogen-bond donors (Lipinski definition) is 4. The summed E-state index contributed by atoms with van der Waals surface area (Å²) in [6.45, 7) is 7.45. The third-order valence-corrected chi connectivity index (χ3v) is 7.45. The average molecular weight is 568 g/mol. The van der Waals surface area contributed by atoms with Crippen molar-refractivity contribution in [1.82, 2.24) is 15.4 Å². The predicted molar refractivity (Wildman–Crippen MR) is 155 cm³/mol. The second-order valence-electron chi connectivity index (χ2n) is 10.7. The number of rotatable bonds is 7. The highest BCUT2D eigenvalue weighted by atomic mass is 32.2. The van der Waals surface area contributed by atoms with Gasteiger partial charge in [0.2, 0.25) is 0 Å². The summed E-state index contributed by atoms with van der Waals surface area (Å²) in [6, 6.07) is 18.5. The van der Waals surface area contributed by atoms with E-state index in [1.54, 1.807) is 59.1 Å². The fourth-order valence-corrected chi connectivity index (χ4v) is 4.88. The Balaban J connectivity index is 0.000000249. The summed E-state index contributed by atoms with van der Waals surface area (Å²) in [4.78, 5) is 24.0. The highest BCUT2D eigenvalue weighted by molar-refractivity contribution is 7.90. The van der Waals surface area contributed by atoms with Crippen LogP contribution in [-0.4, -0.2) is 44.7 Å². The summed E-state index contributed by atoms with van der Waals surface area (Å²) in [5.41, 5.74) is 2.20. The van der Waals surface area contributed by atoms with E-state index in [0.29, 0.717) is 18.0 Å². The molecule has 214 valence electrons. The van der Waals surface area contributed by atoms with Gasteiger partial charge in [-0.15, -0.1) is 0 Å². The van der Waals surface area contributed by atoms with Crippen molar-refractivity contribution in [3.05, 3.63) is 77.9 Å². The molecule has 0 aromatic heterocycles. The summed E-state index contributed by atoms with van der Waals surface area (Å²) in [5, 5.41) is 14.7. The first-order chi connectivity index (χ1) is 18.8. The Kier molecular flexibility index (Phi) is 9.81. The van der Waals surface area contributed by atoms with Gasteiger partial charge in [0.05, 0.1) is 12.0 Å². The summed E-state index contributed by atoms with van der Waals surface area (Å²) in [5.74, 6) is 1.32. The van der Waals surface area contributed by atoms with E-state index in [4.69, 9.17) is 4.74 Å². The number of ether oxygens (including phenoxy) is 1. The molecule has 0 atom stereocenters. The van der Waals surface area contributed by atoms with Crippen molar-refractivity contribution in [2.45, 2.75) is 51.0 Å². The number of phenolic OH excluding ortho intramolecular Hbond substituents is 1. The lowest BCUT2D eigenvalue weighted by Crippen LogP contribution is -2.48. The molecule has 4 rings (SSSR count). The van der Waals surface area contributed by atoms with Gasteiger partial charge in [0.1, 0.15) is 11.5 Å². The number of phenols is 1. The quantitative estimate of drug-likeness (QED) is 0.318. The minimum absolute atomic E-state index is 0.0874. The molecule has 0 aliphatic heterocycles. The largest absolute Gasteiger partial charge is 0.508 e. The maximum Gasteiger partial charge on any atom is 0.329 e. The van der Waals surface area contributed by atoms with Gasteiger partial charge in [-0.05, 0) is 99.5 Å². The smallest absolute Gasteiger partial charge is 0.329 e. The van der Waals surface area contributed by atoms with E-state index >= 15 is 0 Å². The van der Waals surface area contributed by atoms with Gasteiger partial charge in [-0.25, -0.2) is 17.9 Å². The molecular formula is C30H37N3O6S. The molecule has 0 saturated heterocycles. The molecule has 10 heteroatoms. The van der Waals surface area contributed by atoms with Crippen LogP contribution in [0.5, 0.6) is 11.5 Å². The Morgan fingerprint density at radius 1 is 0.975 bits per heavy atom. The van der Waals surface area contributed by atoms with E-state index in [2.05, 4.69) is 10.6 Å². The second kappa shape index (κ2) is 12.9. The lowest BCUT2D eigenvalue weighted by atomic mass is 10.1. The number of urea groups is 1. The Hall–Kier alpha value is -4.05. The topological polar surface area (TPSA) is 134 Å². The van der Waals surface area contributed by atoms with E-state index in [9.17, 15) is 23.1 Å². The fraction of sp³-hybridized carbons (Fsp3) is 0.333. The second-order valence-corrected chi connectivity index (χ2v) is 12.4. The number of methoxy groups -OCH3 is 1. The monoisotopic (exact) mass is 567 g/mol. The first kappa shape index (κ1) is 30.5. The Labute approximate surface area is 236 Å². The van der Waals surface area contributed by atoms with E-state index in [1.807, 2.05) is 41.1 Å². The predicted octanol–water partition coefficient (Wildman–Crippen LogP) is 4.99. The third kappa shape index (κ3) is 9.30. The SMILES string of the molecule is COc1ccc(-c2cccc(O)c2)cc1.Cc1ccc(C(=O)NCC2CC2)cc1S(=O)(=O)NC(=O)NC(C)(C)C. The Morgan fingerprint density at radius 2 is 1.65 bits per heavy atom. The number of nitrogens with one attached hydrogen (secondary N) is 3. The molecule has 0 radical (unpaired) electrons. The minimum Gasteiger partial charge on any atom is -0.508 e. The number of carbonyl (C=O) groups is 2. The fourth-order valence-electron chi connectivity index (χ4n) is 3.70. The van der Waals surface area contributed by atoms with Gasteiger partial charge >= 0.3 is 6.03 Å². The van der Waals surface area contributed by atoms with Crippen molar-refractivity contribution >= 4 is 22.0 Å². The molecule has 40 heavy (non-hydrogen) atoms. The van der Waals surface area contributed by atoms with Crippen LogP contribution in [0.25, 0.3) is 11.1 Å². The van der Waals surface area contributed by atoms with Gasteiger partial charge in [-0.1, -0.05) is 30.3 Å². The van der Waals surface area contributed by atoms with Crippen LogP contribution in [0.2, 0.25) is 0 Å². The number of benzene rings is 3. The molecule has 9 nitrogen and oxygen atoms in total. The molecule has 0 spiro atoms. The van der Waals surface area contributed by atoms with E-state index in [1.165, 1.54) is 6.07 Å². The lowest BCUT2D eigenvalue weighted by Gasteiger charge is -2.21.